The third kappa shape index (κ3) is 4.71. The van der Waals surface area contributed by atoms with Crippen molar-refractivity contribution in [3.05, 3.63) is 29.8 Å². The van der Waals surface area contributed by atoms with E-state index in [1.165, 1.54) is 0 Å². The fraction of sp³-hybridized carbons (Fsp3) is 0.579. The van der Waals surface area contributed by atoms with Gasteiger partial charge in [-0.25, -0.2) is 0 Å². The molecule has 1 aromatic carbocycles. The van der Waals surface area contributed by atoms with Crippen LogP contribution in [0.3, 0.4) is 0 Å². The monoisotopic (exact) mass is 343 g/mol. The summed E-state index contributed by atoms with van der Waals surface area (Å²) < 4.78 is 11.2. The minimum atomic E-state index is 0.0261. The van der Waals surface area contributed by atoms with Crippen molar-refractivity contribution < 1.29 is 14.3 Å². The van der Waals surface area contributed by atoms with Gasteiger partial charge in [-0.3, -0.25) is 9.69 Å². The van der Waals surface area contributed by atoms with Crippen molar-refractivity contribution in [1.82, 2.24) is 9.80 Å². The molecule has 0 saturated carbocycles. The molecule has 6 heteroatoms. The average Bonchev–Trinajstić information content (AvgIpc) is 2.66. The van der Waals surface area contributed by atoms with Crippen LogP contribution in [0.25, 0.3) is 0 Å². The average molecular weight is 343 g/mol. The molecule has 1 aromatic rings. The predicted molar refractivity (Wildman–Crippen MR) is 93.2 cm³/mol. The van der Waals surface area contributed by atoms with Crippen molar-refractivity contribution in [2.45, 2.75) is 31.9 Å². The molecule has 0 spiro atoms. The van der Waals surface area contributed by atoms with E-state index in [0.29, 0.717) is 23.5 Å². The zero-order chi connectivity index (χ0) is 17.6. The van der Waals surface area contributed by atoms with E-state index in [4.69, 9.17) is 14.7 Å². The van der Waals surface area contributed by atoms with Crippen LogP contribution in [0.2, 0.25) is 0 Å². The number of rotatable bonds is 4. The van der Waals surface area contributed by atoms with E-state index in [2.05, 4.69) is 17.9 Å². The van der Waals surface area contributed by atoms with Gasteiger partial charge >= 0.3 is 0 Å². The Morgan fingerprint density at radius 3 is 2.64 bits per heavy atom. The summed E-state index contributed by atoms with van der Waals surface area (Å²) in [5, 5.41) is 8.78. The third-order valence-corrected chi connectivity index (χ3v) is 4.95. The fourth-order valence-corrected chi connectivity index (χ4v) is 3.52. The number of benzene rings is 1. The molecule has 0 bridgehead atoms. The summed E-state index contributed by atoms with van der Waals surface area (Å²) in [6.45, 7) is 6.51. The summed E-state index contributed by atoms with van der Waals surface area (Å²) in [5.74, 6) is 0.641. The van der Waals surface area contributed by atoms with Crippen LogP contribution in [-0.4, -0.2) is 67.2 Å². The zero-order valence-corrected chi connectivity index (χ0v) is 14.7. The molecule has 3 rings (SSSR count). The maximum Gasteiger partial charge on any atom is 0.260 e. The highest BCUT2D eigenvalue weighted by Gasteiger charge is 2.29. The van der Waals surface area contributed by atoms with Gasteiger partial charge in [-0.15, -0.1) is 0 Å². The van der Waals surface area contributed by atoms with Crippen molar-refractivity contribution in [2.24, 2.45) is 0 Å². The van der Waals surface area contributed by atoms with Crippen LogP contribution >= 0.6 is 0 Å². The molecule has 2 aliphatic rings. The molecule has 134 valence electrons. The number of likely N-dealkylation sites (tertiary alicyclic amines) is 1. The van der Waals surface area contributed by atoms with Gasteiger partial charge in [0, 0.05) is 32.2 Å². The van der Waals surface area contributed by atoms with Gasteiger partial charge < -0.3 is 14.4 Å². The SMILES string of the molecule is CC1CN(C2CCN(C(=O)COc3ccc(C#N)cc3)CC2)CCO1. The molecule has 0 N–H and O–H groups in total. The smallest absolute Gasteiger partial charge is 0.260 e. The second-order valence-electron chi connectivity index (χ2n) is 6.71. The summed E-state index contributed by atoms with van der Waals surface area (Å²) in [6, 6.07) is 9.43. The highest BCUT2D eigenvalue weighted by Crippen LogP contribution is 2.20. The van der Waals surface area contributed by atoms with Gasteiger partial charge in [-0.05, 0) is 44.0 Å². The predicted octanol–water partition coefficient (Wildman–Crippen LogP) is 1.65. The highest BCUT2D eigenvalue weighted by atomic mass is 16.5. The van der Waals surface area contributed by atoms with E-state index in [0.717, 1.165) is 45.6 Å². The molecule has 25 heavy (non-hydrogen) atoms. The topological polar surface area (TPSA) is 65.8 Å². The lowest BCUT2D eigenvalue weighted by molar-refractivity contribution is -0.135. The number of nitrogens with zero attached hydrogens (tertiary/aromatic N) is 3. The quantitative estimate of drug-likeness (QED) is 0.832. The number of hydrogen-bond donors (Lipinski definition) is 0. The summed E-state index contributed by atoms with van der Waals surface area (Å²) in [4.78, 5) is 16.7. The van der Waals surface area contributed by atoms with Gasteiger partial charge in [0.1, 0.15) is 5.75 Å². The van der Waals surface area contributed by atoms with E-state index >= 15 is 0 Å². The van der Waals surface area contributed by atoms with Crippen molar-refractivity contribution in [3.8, 4) is 11.8 Å². The lowest BCUT2D eigenvalue weighted by atomic mass is 10.0. The van der Waals surface area contributed by atoms with Crippen molar-refractivity contribution in [2.75, 3.05) is 39.4 Å². The van der Waals surface area contributed by atoms with E-state index in [1.54, 1.807) is 24.3 Å². The lowest BCUT2D eigenvalue weighted by Gasteiger charge is -2.41. The number of carbonyl (C=O) groups excluding carboxylic acids is 1. The van der Waals surface area contributed by atoms with Crippen LogP contribution < -0.4 is 4.74 Å². The molecule has 2 fully saturated rings. The Bertz CT molecular complexity index is 618. The number of hydrogen-bond acceptors (Lipinski definition) is 5. The number of morpholine rings is 1. The molecule has 2 aliphatic heterocycles. The Morgan fingerprint density at radius 1 is 1.28 bits per heavy atom. The second kappa shape index (κ2) is 8.32. The van der Waals surface area contributed by atoms with Crippen LogP contribution in [0.5, 0.6) is 5.75 Å². The first-order chi connectivity index (χ1) is 12.2. The summed E-state index contributed by atoms with van der Waals surface area (Å²) in [7, 11) is 0. The lowest BCUT2D eigenvalue weighted by Crippen LogP contribution is -2.52. The van der Waals surface area contributed by atoms with Crippen LogP contribution in [0, 0.1) is 11.3 Å². The molecule has 1 amide bonds. The first-order valence-corrected chi connectivity index (χ1v) is 8.92. The summed E-state index contributed by atoms with van der Waals surface area (Å²) in [5.41, 5.74) is 0.582. The molecule has 0 aromatic heterocycles. The van der Waals surface area contributed by atoms with Gasteiger partial charge in [0.25, 0.3) is 5.91 Å². The van der Waals surface area contributed by atoms with Crippen molar-refractivity contribution in [1.29, 1.82) is 5.26 Å². The van der Waals surface area contributed by atoms with Gasteiger partial charge in [0.15, 0.2) is 6.61 Å². The number of ether oxygens (including phenoxy) is 2. The van der Waals surface area contributed by atoms with Crippen molar-refractivity contribution >= 4 is 5.91 Å². The highest BCUT2D eigenvalue weighted by molar-refractivity contribution is 5.77. The Hall–Kier alpha value is -2.10. The fourth-order valence-electron chi connectivity index (χ4n) is 3.52. The Kier molecular flexibility index (Phi) is 5.90. The number of carbonyl (C=O) groups is 1. The Balaban J connectivity index is 1.42. The maximum absolute atomic E-state index is 12.3. The molecular formula is C19H25N3O3. The van der Waals surface area contributed by atoms with E-state index in [1.807, 2.05) is 4.90 Å². The minimum Gasteiger partial charge on any atom is -0.484 e. The Labute approximate surface area is 148 Å². The Morgan fingerprint density at radius 2 is 2.00 bits per heavy atom. The zero-order valence-electron chi connectivity index (χ0n) is 14.7. The molecule has 0 radical (unpaired) electrons. The van der Waals surface area contributed by atoms with Crippen molar-refractivity contribution in [3.63, 3.8) is 0 Å². The third-order valence-electron chi connectivity index (χ3n) is 4.95. The molecular weight excluding hydrogens is 318 g/mol. The van der Waals surface area contributed by atoms with E-state index in [-0.39, 0.29) is 12.5 Å². The molecule has 1 unspecified atom stereocenters. The van der Waals surface area contributed by atoms with Gasteiger partial charge in [0.05, 0.1) is 24.3 Å². The minimum absolute atomic E-state index is 0.0261. The van der Waals surface area contributed by atoms with Gasteiger partial charge in [-0.1, -0.05) is 0 Å². The molecule has 1 atom stereocenters. The van der Waals surface area contributed by atoms with Gasteiger partial charge in [-0.2, -0.15) is 5.26 Å². The van der Waals surface area contributed by atoms with Crippen LogP contribution in [0.4, 0.5) is 0 Å². The second-order valence-corrected chi connectivity index (χ2v) is 6.71. The molecule has 6 nitrogen and oxygen atoms in total. The molecule has 2 saturated heterocycles. The standard InChI is InChI=1S/C19H25N3O3/c1-15-13-22(10-11-24-15)17-6-8-21(9-7-17)19(23)14-25-18-4-2-16(12-20)3-5-18/h2-5,15,17H,6-11,13-14H2,1H3. The van der Waals surface area contributed by atoms with Crippen LogP contribution in [0.1, 0.15) is 25.3 Å². The van der Waals surface area contributed by atoms with Crippen LogP contribution in [0.15, 0.2) is 24.3 Å². The van der Waals surface area contributed by atoms with E-state index in [9.17, 15) is 4.79 Å². The maximum atomic E-state index is 12.3. The number of amides is 1. The first-order valence-electron chi connectivity index (χ1n) is 8.92. The summed E-state index contributed by atoms with van der Waals surface area (Å²) >= 11 is 0. The molecule has 2 heterocycles. The normalized spacial score (nSPS) is 22.4. The summed E-state index contributed by atoms with van der Waals surface area (Å²) in [6.07, 6.45) is 2.32. The first kappa shape index (κ1) is 17.7. The van der Waals surface area contributed by atoms with Crippen LogP contribution in [-0.2, 0) is 9.53 Å². The molecule has 0 aliphatic carbocycles. The number of piperidine rings is 1. The number of nitriles is 1. The van der Waals surface area contributed by atoms with Gasteiger partial charge in [0.2, 0.25) is 0 Å². The van der Waals surface area contributed by atoms with E-state index < -0.39 is 0 Å². The largest absolute Gasteiger partial charge is 0.484 e.